The third-order valence-electron chi connectivity index (χ3n) is 5.59. The van der Waals surface area contributed by atoms with E-state index in [1.54, 1.807) is 0 Å². The highest BCUT2D eigenvalue weighted by Crippen LogP contribution is 2.60. The second kappa shape index (κ2) is 7.15. The highest BCUT2D eigenvalue weighted by Gasteiger charge is 2.69. The van der Waals surface area contributed by atoms with Crippen molar-refractivity contribution in [1.82, 2.24) is 10.6 Å². The van der Waals surface area contributed by atoms with Crippen LogP contribution < -0.4 is 15.4 Å². The summed E-state index contributed by atoms with van der Waals surface area (Å²) in [4.78, 5) is 24.0. The molecule has 152 valence electrons. The van der Waals surface area contributed by atoms with Gasteiger partial charge in [-0.2, -0.15) is 0 Å². The van der Waals surface area contributed by atoms with Gasteiger partial charge in [-0.05, 0) is 31.4 Å². The topological polar surface area (TPSA) is 76.7 Å². The van der Waals surface area contributed by atoms with Crippen molar-refractivity contribution in [3.05, 3.63) is 29.0 Å². The van der Waals surface area contributed by atoms with E-state index in [4.69, 9.17) is 21.1 Å². The lowest BCUT2D eigenvalue weighted by Crippen LogP contribution is -2.84. The average Bonchev–Trinajstić information content (AvgIpc) is 2.55. The Balaban J connectivity index is 1.14. The van der Waals surface area contributed by atoms with Crippen LogP contribution in [-0.4, -0.2) is 48.4 Å². The van der Waals surface area contributed by atoms with E-state index < -0.39 is 12.0 Å². The van der Waals surface area contributed by atoms with E-state index in [1.807, 2.05) is 0 Å². The molecule has 9 heteroatoms. The largest absolute Gasteiger partial charge is 0.484 e. The van der Waals surface area contributed by atoms with Crippen molar-refractivity contribution < 1.29 is 27.8 Å². The van der Waals surface area contributed by atoms with Crippen molar-refractivity contribution in [2.45, 2.75) is 55.5 Å². The fraction of sp³-hybridized carbons (Fsp3) is 0.579. The van der Waals surface area contributed by atoms with Crippen LogP contribution in [-0.2, 0) is 14.3 Å². The van der Waals surface area contributed by atoms with Crippen LogP contribution >= 0.6 is 11.6 Å². The van der Waals surface area contributed by atoms with Crippen LogP contribution in [0.3, 0.4) is 0 Å². The third-order valence-corrected chi connectivity index (χ3v) is 5.89. The Morgan fingerprint density at radius 1 is 1.11 bits per heavy atom. The number of alkyl halides is 1. The van der Waals surface area contributed by atoms with Crippen LogP contribution in [0.5, 0.6) is 5.75 Å². The number of hydrogen-bond donors (Lipinski definition) is 2. The summed E-state index contributed by atoms with van der Waals surface area (Å²) in [7, 11) is 0. The Bertz CT molecular complexity index is 780. The van der Waals surface area contributed by atoms with Gasteiger partial charge in [-0.1, -0.05) is 11.6 Å². The number of nitrogens with one attached hydrogen (secondary N) is 2. The monoisotopic (exact) mass is 414 g/mol. The minimum absolute atomic E-state index is 0.0114. The van der Waals surface area contributed by atoms with Crippen LogP contribution in [0.25, 0.3) is 0 Å². The molecule has 4 aliphatic carbocycles. The SMILES string of the molecule is O=C(COc1ccc(Cl)c(F)c1)NC12CC(NC(=O)CO[C@H]3C[C@@H](F)C3)(C1)C2. The molecule has 1 aromatic rings. The first-order valence-electron chi connectivity index (χ1n) is 9.22. The molecule has 4 aliphatic rings. The Morgan fingerprint density at radius 2 is 1.71 bits per heavy atom. The second-order valence-electron chi connectivity index (χ2n) is 8.05. The molecule has 0 aromatic heterocycles. The van der Waals surface area contributed by atoms with Gasteiger partial charge in [0.2, 0.25) is 5.91 Å². The second-order valence-corrected chi connectivity index (χ2v) is 8.46. The van der Waals surface area contributed by atoms with E-state index in [-0.39, 0.29) is 53.0 Å². The van der Waals surface area contributed by atoms with Crippen molar-refractivity contribution in [2.24, 2.45) is 0 Å². The van der Waals surface area contributed by atoms with Gasteiger partial charge in [0.05, 0.1) is 11.1 Å². The molecule has 1 aromatic carbocycles. The normalized spacial score (nSPS) is 32.4. The standard InChI is InChI=1S/C19H21ClF2N2O4/c20-14-2-1-12(5-15(14)22)27-6-16(25)23-18-8-19(9-18,10-18)24-17(26)7-28-13-3-11(21)4-13/h1-2,5,11,13H,3-4,6-10H2,(H,23,25)(H,24,26)/t11-,13+,18?,19?. The number of halogens is 3. The van der Waals surface area contributed by atoms with Gasteiger partial charge in [0.25, 0.3) is 5.91 Å². The number of hydrogen-bond acceptors (Lipinski definition) is 4. The molecule has 4 fully saturated rings. The summed E-state index contributed by atoms with van der Waals surface area (Å²) in [6.07, 6.45) is 1.72. The lowest BCUT2D eigenvalue weighted by molar-refractivity contribution is -0.155. The van der Waals surface area contributed by atoms with E-state index in [1.165, 1.54) is 12.1 Å². The zero-order valence-electron chi connectivity index (χ0n) is 15.1. The number of amides is 2. The minimum atomic E-state index is -0.808. The molecule has 0 saturated heterocycles. The third kappa shape index (κ3) is 3.93. The van der Waals surface area contributed by atoms with Crippen molar-refractivity contribution in [2.75, 3.05) is 13.2 Å². The molecule has 5 rings (SSSR count). The zero-order valence-corrected chi connectivity index (χ0v) is 15.9. The molecule has 4 saturated carbocycles. The number of benzene rings is 1. The molecule has 2 amide bonds. The molecule has 0 aliphatic heterocycles. The maximum absolute atomic E-state index is 13.4. The zero-order chi connectivity index (χ0) is 19.9. The van der Waals surface area contributed by atoms with Gasteiger partial charge < -0.3 is 20.1 Å². The lowest BCUT2D eigenvalue weighted by atomic mass is 9.44. The number of rotatable bonds is 8. The molecule has 2 bridgehead atoms. The molecule has 0 atom stereocenters. The van der Waals surface area contributed by atoms with Crippen LogP contribution in [0.15, 0.2) is 18.2 Å². The highest BCUT2D eigenvalue weighted by molar-refractivity contribution is 6.30. The van der Waals surface area contributed by atoms with Crippen LogP contribution in [0.2, 0.25) is 5.02 Å². The fourth-order valence-electron chi connectivity index (χ4n) is 4.26. The number of carbonyl (C=O) groups is 2. The number of carbonyl (C=O) groups excluding carboxylic acids is 2. The Kier molecular flexibility index (Phi) is 4.95. The fourth-order valence-corrected chi connectivity index (χ4v) is 4.38. The molecule has 0 heterocycles. The predicted molar refractivity (Wildman–Crippen MR) is 96.4 cm³/mol. The maximum Gasteiger partial charge on any atom is 0.258 e. The van der Waals surface area contributed by atoms with Gasteiger partial charge in [0, 0.05) is 30.0 Å². The summed E-state index contributed by atoms with van der Waals surface area (Å²) in [5.41, 5.74) is -0.592. The summed E-state index contributed by atoms with van der Waals surface area (Å²) in [5.74, 6) is -0.898. The van der Waals surface area contributed by atoms with Crippen molar-refractivity contribution in [3.8, 4) is 5.75 Å². The van der Waals surface area contributed by atoms with E-state index in [0.29, 0.717) is 32.1 Å². The summed E-state index contributed by atoms with van der Waals surface area (Å²) in [6.45, 7) is -0.295. The molecule has 6 nitrogen and oxygen atoms in total. The van der Waals surface area contributed by atoms with Crippen LogP contribution in [0.4, 0.5) is 8.78 Å². The van der Waals surface area contributed by atoms with Crippen molar-refractivity contribution >= 4 is 23.4 Å². The van der Waals surface area contributed by atoms with Gasteiger partial charge in [0.15, 0.2) is 6.61 Å². The molecule has 2 N–H and O–H groups in total. The van der Waals surface area contributed by atoms with Gasteiger partial charge >= 0.3 is 0 Å². The van der Waals surface area contributed by atoms with E-state index in [0.717, 1.165) is 6.07 Å². The summed E-state index contributed by atoms with van der Waals surface area (Å²) >= 11 is 5.60. The summed E-state index contributed by atoms with van der Waals surface area (Å²) in [6, 6.07) is 3.98. The maximum atomic E-state index is 13.4. The molecular formula is C19H21ClF2N2O4. The quantitative estimate of drug-likeness (QED) is 0.684. The van der Waals surface area contributed by atoms with E-state index in [2.05, 4.69) is 10.6 Å². The molecule has 0 radical (unpaired) electrons. The summed E-state index contributed by atoms with van der Waals surface area (Å²) < 4.78 is 36.7. The van der Waals surface area contributed by atoms with Gasteiger partial charge in [0.1, 0.15) is 24.3 Å². The van der Waals surface area contributed by atoms with Gasteiger partial charge in [-0.3, -0.25) is 9.59 Å². The predicted octanol–water partition coefficient (Wildman–Crippen LogP) is 2.28. The molecular weight excluding hydrogens is 394 g/mol. The molecule has 0 spiro atoms. The van der Waals surface area contributed by atoms with Crippen molar-refractivity contribution in [1.29, 1.82) is 0 Å². The Morgan fingerprint density at radius 3 is 2.29 bits per heavy atom. The van der Waals surface area contributed by atoms with Crippen LogP contribution in [0, 0.1) is 5.82 Å². The summed E-state index contributed by atoms with van der Waals surface area (Å²) in [5, 5.41) is 5.85. The minimum Gasteiger partial charge on any atom is -0.484 e. The smallest absolute Gasteiger partial charge is 0.258 e. The molecule has 0 unspecified atom stereocenters. The van der Waals surface area contributed by atoms with E-state index >= 15 is 0 Å². The Labute approximate surface area is 165 Å². The van der Waals surface area contributed by atoms with Crippen molar-refractivity contribution in [3.63, 3.8) is 0 Å². The lowest BCUT2D eigenvalue weighted by Gasteiger charge is -2.70. The van der Waals surface area contributed by atoms with Gasteiger partial charge in [-0.15, -0.1) is 0 Å². The van der Waals surface area contributed by atoms with Crippen LogP contribution in [0.1, 0.15) is 32.1 Å². The first kappa shape index (κ1) is 19.4. The Hall–Kier alpha value is -1.93. The average molecular weight is 415 g/mol. The first-order valence-corrected chi connectivity index (χ1v) is 9.60. The molecule has 28 heavy (non-hydrogen) atoms. The van der Waals surface area contributed by atoms with E-state index in [9.17, 15) is 18.4 Å². The number of ether oxygens (including phenoxy) is 2. The highest BCUT2D eigenvalue weighted by atomic mass is 35.5. The first-order chi connectivity index (χ1) is 13.3. The van der Waals surface area contributed by atoms with Gasteiger partial charge in [-0.25, -0.2) is 8.78 Å².